The van der Waals surface area contributed by atoms with Crippen LogP contribution in [0, 0.1) is 13.8 Å². The van der Waals surface area contributed by atoms with Crippen LogP contribution in [0.3, 0.4) is 0 Å². The number of imidazole rings is 2. The minimum Gasteiger partial charge on any atom is -0.336 e. The molecule has 30 heavy (non-hydrogen) atoms. The highest BCUT2D eigenvalue weighted by molar-refractivity contribution is 7.17. The Morgan fingerprint density at radius 1 is 1.10 bits per heavy atom. The van der Waals surface area contributed by atoms with Gasteiger partial charge in [-0.3, -0.25) is 13.8 Å². The zero-order chi connectivity index (χ0) is 20.8. The molecule has 0 spiro atoms. The molecule has 3 aromatic heterocycles. The van der Waals surface area contributed by atoms with Crippen LogP contribution in [-0.4, -0.2) is 36.8 Å². The molecular formula is C23H21N5OS. The first kappa shape index (κ1) is 18.6. The molecule has 0 unspecified atom stereocenters. The highest BCUT2D eigenvalue weighted by atomic mass is 32.1. The minimum atomic E-state index is -0.0154. The van der Waals surface area contributed by atoms with Crippen molar-refractivity contribution in [3.05, 3.63) is 82.9 Å². The number of nitrogens with zero attached hydrogens (tertiary/aromatic N) is 5. The highest BCUT2D eigenvalue weighted by Gasteiger charge is 2.17. The summed E-state index contributed by atoms with van der Waals surface area (Å²) in [4.78, 5) is 26.0. The summed E-state index contributed by atoms with van der Waals surface area (Å²) in [6.07, 6.45) is 3.89. The summed E-state index contributed by atoms with van der Waals surface area (Å²) < 4.78 is 4.12. The Morgan fingerprint density at radius 3 is 2.67 bits per heavy atom. The second-order valence-corrected chi connectivity index (χ2v) is 8.66. The third kappa shape index (κ3) is 3.07. The maximum absolute atomic E-state index is 13.0. The first-order valence-corrected chi connectivity index (χ1v) is 10.5. The Balaban J connectivity index is 1.38. The van der Waals surface area contributed by atoms with Crippen molar-refractivity contribution >= 4 is 33.2 Å². The number of rotatable bonds is 4. The van der Waals surface area contributed by atoms with Crippen LogP contribution < -0.4 is 0 Å². The molecule has 0 aliphatic carbocycles. The van der Waals surface area contributed by atoms with Crippen molar-refractivity contribution in [3.8, 4) is 5.69 Å². The third-order valence-corrected chi connectivity index (χ3v) is 6.22. The molecule has 5 aromatic rings. The van der Waals surface area contributed by atoms with Crippen molar-refractivity contribution in [2.75, 3.05) is 7.05 Å². The fraction of sp³-hybridized carbons (Fsp3) is 0.174. The summed E-state index contributed by atoms with van der Waals surface area (Å²) in [5.41, 5.74) is 5.63. The summed E-state index contributed by atoms with van der Waals surface area (Å²) in [7, 11) is 1.83. The van der Waals surface area contributed by atoms with Crippen LogP contribution in [0.1, 0.15) is 26.6 Å². The molecule has 0 fully saturated rings. The molecule has 6 nitrogen and oxygen atoms in total. The molecule has 7 heteroatoms. The van der Waals surface area contributed by atoms with Crippen LogP contribution in [-0.2, 0) is 6.54 Å². The fourth-order valence-corrected chi connectivity index (χ4v) is 4.64. The number of hydrogen-bond acceptors (Lipinski definition) is 4. The van der Waals surface area contributed by atoms with Crippen molar-refractivity contribution in [2.45, 2.75) is 20.4 Å². The number of hydrogen-bond donors (Lipinski definition) is 0. The Kier molecular flexibility index (Phi) is 4.40. The molecule has 150 valence electrons. The van der Waals surface area contributed by atoms with Crippen molar-refractivity contribution in [1.82, 2.24) is 23.8 Å². The number of fused-ring (bicyclic) bond motifs is 2. The average Bonchev–Trinajstić information content (AvgIpc) is 3.41. The topological polar surface area (TPSA) is 55.4 Å². The summed E-state index contributed by atoms with van der Waals surface area (Å²) in [5, 5.41) is 0. The second-order valence-electron chi connectivity index (χ2n) is 7.45. The van der Waals surface area contributed by atoms with Gasteiger partial charge in [0.05, 0.1) is 29.0 Å². The van der Waals surface area contributed by atoms with Gasteiger partial charge in [-0.1, -0.05) is 12.1 Å². The van der Waals surface area contributed by atoms with E-state index in [1.54, 1.807) is 16.2 Å². The monoisotopic (exact) mass is 415 g/mol. The maximum Gasteiger partial charge on any atom is 0.253 e. The Hall–Kier alpha value is -3.45. The lowest BCUT2D eigenvalue weighted by Crippen LogP contribution is -2.27. The molecule has 0 saturated heterocycles. The summed E-state index contributed by atoms with van der Waals surface area (Å²) in [6, 6.07) is 15.7. The minimum absolute atomic E-state index is 0.0154. The van der Waals surface area contributed by atoms with Crippen molar-refractivity contribution in [3.63, 3.8) is 0 Å². The Bertz CT molecular complexity index is 1380. The van der Waals surface area contributed by atoms with Crippen LogP contribution >= 0.6 is 11.3 Å². The normalized spacial score (nSPS) is 11.4. The number of aromatic nitrogens is 4. The Morgan fingerprint density at radius 2 is 1.87 bits per heavy atom. The summed E-state index contributed by atoms with van der Waals surface area (Å²) in [5.74, 6) is -0.0154. The fourth-order valence-electron chi connectivity index (χ4n) is 3.75. The molecule has 0 N–H and O–H groups in total. The number of thiazole rings is 1. The van der Waals surface area contributed by atoms with Crippen LogP contribution in [0.25, 0.3) is 21.7 Å². The molecule has 0 aliphatic heterocycles. The smallest absolute Gasteiger partial charge is 0.253 e. The first-order chi connectivity index (χ1) is 14.5. The molecule has 5 rings (SSSR count). The molecule has 0 radical (unpaired) electrons. The van der Waals surface area contributed by atoms with Crippen LogP contribution in [0.2, 0.25) is 0 Å². The van der Waals surface area contributed by atoms with Crippen LogP contribution in [0.15, 0.2) is 61.1 Å². The van der Waals surface area contributed by atoms with Gasteiger partial charge < -0.3 is 4.90 Å². The summed E-state index contributed by atoms with van der Waals surface area (Å²) in [6.45, 7) is 4.57. The third-order valence-electron chi connectivity index (χ3n) is 5.32. The molecular weight excluding hydrogens is 394 g/mol. The van der Waals surface area contributed by atoms with E-state index in [1.807, 2.05) is 73.4 Å². The number of benzene rings is 2. The molecule has 3 heterocycles. The molecule has 1 amide bonds. The van der Waals surface area contributed by atoms with Gasteiger partial charge in [-0.2, -0.15) is 0 Å². The molecule has 2 aromatic carbocycles. The van der Waals surface area contributed by atoms with Gasteiger partial charge >= 0.3 is 0 Å². The lowest BCUT2D eigenvalue weighted by Gasteiger charge is -2.17. The SMILES string of the molecule is Cc1cn2c(CN(C)C(=O)c3ccc(-n4cnc5ccccc54)cc3)c(C)nc2s1. The van der Waals surface area contributed by atoms with E-state index in [9.17, 15) is 4.79 Å². The standard InChI is InChI=1S/C23H21N5OS/c1-15-12-27-21(16(2)25-23(27)30-15)13-26(3)22(29)17-8-10-18(11-9-17)28-14-24-19-6-4-5-7-20(19)28/h4-12,14H,13H2,1-3H3. The van der Waals surface area contributed by atoms with E-state index in [0.29, 0.717) is 12.1 Å². The number of carbonyl (C=O) groups is 1. The maximum atomic E-state index is 13.0. The van der Waals surface area contributed by atoms with Crippen molar-refractivity contribution in [2.24, 2.45) is 0 Å². The van der Waals surface area contributed by atoms with Gasteiger partial charge in [0, 0.05) is 29.4 Å². The van der Waals surface area contributed by atoms with E-state index in [1.165, 1.54) is 4.88 Å². The number of amides is 1. The highest BCUT2D eigenvalue weighted by Crippen LogP contribution is 2.23. The predicted octanol–water partition coefficient (Wildman–Crippen LogP) is 4.62. The first-order valence-electron chi connectivity index (χ1n) is 9.73. The number of aryl methyl sites for hydroxylation is 2. The molecule has 0 saturated carbocycles. The lowest BCUT2D eigenvalue weighted by atomic mass is 10.1. The number of carbonyl (C=O) groups excluding carboxylic acids is 1. The summed E-state index contributed by atoms with van der Waals surface area (Å²) >= 11 is 1.66. The second kappa shape index (κ2) is 7.11. The van der Waals surface area contributed by atoms with Gasteiger partial charge in [-0.05, 0) is 50.2 Å². The van der Waals surface area contributed by atoms with E-state index in [2.05, 4.69) is 27.5 Å². The number of para-hydroxylation sites is 2. The predicted molar refractivity (Wildman–Crippen MR) is 119 cm³/mol. The van der Waals surface area contributed by atoms with Crippen molar-refractivity contribution in [1.29, 1.82) is 0 Å². The van der Waals surface area contributed by atoms with Crippen LogP contribution in [0.5, 0.6) is 0 Å². The van der Waals surface area contributed by atoms with Gasteiger partial charge in [-0.15, -0.1) is 11.3 Å². The van der Waals surface area contributed by atoms with Gasteiger partial charge in [0.2, 0.25) is 0 Å². The van der Waals surface area contributed by atoms with Gasteiger partial charge in [0.1, 0.15) is 6.33 Å². The zero-order valence-corrected chi connectivity index (χ0v) is 17.8. The lowest BCUT2D eigenvalue weighted by molar-refractivity contribution is 0.0783. The van der Waals surface area contributed by atoms with Gasteiger partial charge in [0.25, 0.3) is 5.91 Å². The van der Waals surface area contributed by atoms with Gasteiger partial charge in [0.15, 0.2) is 4.96 Å². The molecule has 0 aliphatic rings. The van der Waals surface area contributed by atoms with Gasteiger partial charge in [-0.25, -0.2) is 9.97 Å². The van der Waals surface area contributed by atoms with E-state index < -0.39 is 0 Å². The van der Waals surface area contributed by atoms with Crippen LogP contribution in [0.4, 0.5) is 0 Å². The molecule has 0 bridgehead atoms. The quantitative estimate of drug-likeness (QED) is 0.430. The van der Waals surface area contributed by atoms with E-state index >= 15 is 0 Å². The van der Waals surface area contributed by atoms with E-state index in [-0.39, 0.29) is 5.91 Å². The largest absolute Gasteiger partial charge is 0.336 e. The Labute approximate surface area is 178 Å². The van der Waals surface area contributed by atoms with E-state index in [4.69, 9.17) is 0 Å². The van der Waals surface area contributed by atoms with E-state index in [0.717, 1.165) is 33.1 Å². The zero-order valence-electron chi connectivity index (χ0n) is 17.0. The van der Waals surface area contributed by atoms with Crippen molar-refractivity contribution < 1.29 is 4.79 Å². The average molecular weight is 416 g/mol. The molecule has 0 atom stereocenters.